The Kier molecular flexibility index (Phi) is 4.40. The van der Waals surface area contributed by atoms with Crippen molar-refractivity contribution < 1.29 is 4.39 Å². The van der Waals surface area contributed by atoms with Gasteiger partial charge >= 0.3 is 0 Å². The summed E-state index contributed by atoms with van der Waals surface area (Å²) >= 11 is 6.12. The molecule has 0 bridgehead atoms. The minimum Gasteiger partial charge on any atom is -0.308 e. The second-order valence-electron chi connectivity index (χ2n) is 6.29. The molecule has 0 aliphatic rings. The van der Waals surface area contributed by atoms with Crippen molar-refractivity contribution in [2.45, 2.75) is 46.7 Å². The maximum Gasteiger partial charge on any atom is 0.149 e. The lowest BCUT2D eigenvalue weighted by Crippen LogP contribution is -2.35. The molecule has 0 radical (unpaired) electrons. The van der Waals surface area contributed by atoms with Crippen LogP contribution in [0.25, 0.3) is 5.69 Å². The van der Waals surface area contributed by atoms with Gasteiger partial charge in [0.25, 0.3) is 0 Å². The fraction of sp³-hybridized carbons (Fsp3) is 0.438. The Hall–Kier alpha value is -1.39. The van der Waals surface area contributed by atoms with Crippen molar-refractivity contribution in [1.29, 1.82) is 0 Å². The van der Waals surface area contributed by atoms with Crippen LogP contribution in [0.4, 0.5) is 4.39 Å². The predicted molar refractivity (Wildman–Crippen MR) is 84.6 cm³/mol. The number of rotatable bonds is 3. The van der Waals surface area contributed by atoms with Crippen molar-refractivity contribution in [2.75, 3.05) is 0 Å². The minimum absolute atomic E-state index is 0.00163. The normalized spacial score (nSPS) is 12.0. The van der Waals surface area contributed by atoms with E-state index >= 15 is 0 Å². The van der Waals surface area contributed by atoms with Crippen LogP contribution in [0.1, 0.15) is 37.7 Å². The summed E-state index contributed by atoms with van der Waals surface area (Å²) in [5, 5.41) is 8.20. The lowest BCUT2D eigenvalue weighted by molar-refractivity contribution is 0.423. The molecule has 0 amide bonds. The summed E-state index contributed by atoms with van der Waals surface area (Å²) in [6, 6.07) is 5.19. The third-order valence-electron chi connectivity index (χ3n) is 3.27. The van der Waals surface area contributed by atoms with Crippen molar-refractivity contribution in [2.24, 2.45) is 0 Å². The van der Waals surface area contributed by atoms with Gasteiger partial charge in [0, 0.05) is 12.1 Å². The zero-order valence-electron chi connectivity index (χ0n) is 13.1. The van der Waals surface area contributed by atoms with Crippen LogP contribution < -0.4 is 5.32 Å². The van der Waals surface area contributed by atoms with Crippen molar-refractivity contribution >= 4 is 11.6 Å². The largest absolute Gasteiger partial charge is 0.308 e. The fourth-order valence-corrected chi connectivity index (χ4v) is 2.18. The zero-order chi connectivity index (χ0) is 15.8. The molecule has 0 saturated heterocycles. The standard InChI is InChI=1S/C16H21ClFN3/c1-10-15(17)11(2)21(20-10)14-7-6-12(8-13(14)18)9-19-16(3,4)5/h6-8,19H,9H2,1-5H3. The van der Waals surface area contributed by atoms with Gasteiger partial charge in [-0.05, 0) is 52.3 Å². The number of nitrogens with zero attached hydrogens (tertiary/aromatic N) is 2. The fourth-order valence-electron chi connectivity index (χ4n) is 2.06. The van der Waals surface area contributed by atoms with Gasteiger partial charge in [0.1, 0.15) is 11.5 Å². The molecule has 2 rings (SSSR count). The van der Waals surface area contributed by atoms with Crippen LogP contribution in [0, 0.1) is 19.7 Å². The maximum atomic E-state index is 14.3. The van der Waals surface area contributed by atoms with E-state index in [0.29, 0.717) is 22.9 Å². The molecule has 0 aliphatic carbocycles. The van der Waals surface area contributed by atoms with E-state index in [1.165, 1.54) is 0 Å². The molecule has 5 heteroatoms. The Labute approximate surface area is 130 Å². The molecular formula is C16H21ClFN3. The monoisotopic (exact) mass is 309 g/mol. The minimum atomic E-state index is -0.300. The van der Waals surface area contributed by atoms with Gasteiger partial charge in [-0.3, -0.25) is 0 Å². The van der Waals surface area contributed by atoms with Gasteiger partial charge in [-0.15, -0.1) is 0 Å². The number of halogens is 2. The Balaban J connectivity index is 2.29. The van der Waals surface area contributed by atoms with Crippen molar-refractivity contribution in [3.63, 3.8) is 0 Å². The first-order valence-electron chi connectivity index (χ1n) is 6.94. The summed E-state index contributed by atoms with van der Waals surface area (Å²) in [6.07, 6.45) is 0. The van der Waals surface area contributed by atoms with Crippen molar-refractivity contribution in [3.05, 3.63) is 46.0 Å². The quantitative estimate of drug-likeness (QED) is 0.922. The van der Waals surface area contributed by atoms with Crippen LogP contribution in [0.3, 0.4) is 0 Å². The molecule has 0 spiro atoms. The Morgan fingerprint density at radius 2 is 1.95 bits per heavy atom. The third-order valence-corrected chi connectivity index (χ3v) is 3.81. The average Bonchev–Trinajstić information content (AvgIpc) is 2.63. The maximum absolute atomic E-state index is 14.3. The second kappa shape index (κ2) is 5.78. The van der Waals surface area contributed by atoms with Crippen molar-refractivity contribution in [3.8, 4) is 5.69 Å². The molecule has 21 heavy (non-hydrogen) atoms. The highest BCUT2D eigenvalue weighted by Crippen LogP contribution is 2.24. The molecule has 1 N–H and O–H groups in total. The van der Waals surface area contributed by atoms with E-state index in [4.69, 9.17) is 11.6 Å². The van der Waals surface area contributed by atoms with Gasteiger partial charge in [0.05, 0.1) is 16.4 Å². The van der Waals surface area contributed by atoms with E-state index < -0.39 is 0 Å². The number of aryl methyl sites for hydroxylation is 1. The topological polar surface area (TPSA) is 29.9 Å². The molecule has 0 fully saturated rings. The van der Waals surface area contributed by atoms with E-state index in [1.807, 2.05) is 19.9 Å². The van der Waals surface area contributed by atoms with E-state index in [0.717, 1.165) is 11.3 Å². The Morgan fingerprint density at radius 1 is 1.29 bits per heavy atom. The summed E-state index contributed by atoms with van der Waals surface area (Å²) in [5.41, 5.74) is 2.76. The predicted octanol–water partition coefficient (Wildman–Crippen LogP) is 4.17. The Bertz CT molecular complexity index is 656. The zero-order valence-corrected chi connectivity index (χ0v) is 13.8. The summed E-state index contributed by atoms with van der Waals surface area (Å²) in [7, 11) is 0. The van der Waals surface area contributed by atoms with Gasteiger partial charge in [-0.2, -0.15) is 5.10 Å². The molecule has 0 aliphatic heterocycles. The van der Waals surface area contributed by atoms with Gasteiger partial charge < -0.3 is 5.32 Å². The number of benzene rings is 1. The smallest absolute Gasteiger partial charge is 0.149 e. The molecule has 0 unspecified atom stereocenters. The number of hydrogen-bond acceptors (Lipinski definition) is 2. The Morgan fingerprint density at radius 3 is 2.43 bits per heavy atom. The average molecular weight is 310 g/mol. The molecule has 1 aromatic heterocycles. The van der Waals surface area contributed by atoms with E-state index in [9.17, 15) is 4.39 Å². The summed E-state index contributed by atoms with van der Waals surface area (Å²) in [4.78, 5) is 0. The van der Waals surface area contributed by atoms with Crippen LogP contribution >= 0.6 is 11.6 Å². The molecule has 1 aromatic carbocycles. The number of hydrogen-bond donors (Lipinski definition) is 1. The number of aromatic nitrogens is 2. The van der Waals surface area contributed by atoms with Gasteiger partial charge in [0.15, 0.2) is 0 Å². The van der Waals surface area contributed by atoms with Crippen LogP contribution in [-0.2, 0) is 6.54 Å². The summed E-state index contributed by atoms with van der Waals surface area (Å²) in [5.74, 6) is -0.300. The molecule has 2 aromatic rings. The molecule has 3 nitrogen and oxygen atoms in total. The molecule has 1 heterocycles. The lowest BCUT2D eigenvalue weighted by Gasteiger charge is -2.20. The van der Waals surface area contributed by atoms with Crippen molar-refractivity contribution in [1.82, 2.24) is 15.1 Å². The van der Waals surface area contributed by atoms with Gasteiger partial charge in [-0.1, -0.05) is 17.7 Å². The van der Waals surface area contributed by atoms with Crippen LogP contribution in [0.2, 0.25) is 5.02 Å². The third kappa shape index (κ3) is 3.63. The SMILES string of the molecule is Cc1nn(-c2ccc(CNC(C)(C)C)cc2F)c(C)c1Cl. The first kappa shape index (κ1) is 16.0. The van der Waals surface area contributed by atoms with Crippen LogP contribution in [0.15, 0.2) is 18.2 Å². The summed E-state index contributed by atoms with van der Waals surface area (Å²) < 4.78 is 15.9. The molecule has 114 valence electrons. The van der Waals surface area contributed by atoms with Crippen LogP contribution in [0.5, 0.6) is 0 Å². The van der Waals surface area contributed by atoms with Crippen LogP contribution in [-0.4, -0.2) is 15.3 Å². The lowest BCUT2D eigenvalue weighted by atomic mass is 10.1. The number of nitrogens with one attached hydrogen (secondary N) is 1. The molecule has 0 atom stereocenters. The van der Waals surface area contributed by atoms with E-state index in [2.05, 4.69) is 31.2 Å². The van der Waals surface area contributed by atoms with Gasteiger partial charge in [0.2, 0.25) is 0 Å². The molecular weight excluding hydrogens is 289 g/mol. The highest BCUT2D eigenvalue weighted by Gasteiger charge is 2.15. The van der Waals surface area contributed by atoms with E-state index in [-0.39, 0.29) is 11.4 Å². The molecule has 0 saturated carbocycles. The van der Waals surface area contributed by atoms with Gasteiger partial charge in [-0.25, -0.2) is 9.07 Å². The highest BCUT2D eigenvalue weighted by molar-refractivity contribution is 6.31. The first-order chi connectivity index (χ1) is 9.69. The van der Waals surface area contributed by atoms with E-state index in [1.54, 1.807) is 16.8 Å². The first-order valence-corrected chi connectivity index (χ1v) is 7.32. The summed E-state index contributed by atoms with van der Waals surface area (Å²) in [6.45, 7) is 10.5. The second-order valence-corrected chi connectivity index (χ2v) is 6.66. The highest BCUT2D eigenvalue weighted by atomic mass is 35.5.